The van der Waals surface area contributed by atoms with Crippen LogP contribution in [0.4, 0.5) is 0 Å². The van der Waals surface area contributed by atoms with Crippen molar-refractivity contribution in [1.82, 2.24) is 14.9 Å². The van der Waals surface area contributed by atoms with Gasteiger partial charge in [-0.25, -0.2) is 4.98 Å². The minimum atomic E-state index is -1.07. The number of thioether (sulfide) groups is 1. The molecular weight excluding hydrogens is 362 g/mol. The number of aliphatic carboxylic acids is 1. The van der Waals surface area contributed by atoms with Crippen molar-refractivity contribution in [2.75, 3.05) is 6.54 Å². The van der Waals surface area contributed by atoms with Gasteiger partial charge in [0.1, 0.15) is 6.54 Å². The standard InChI is InChI=1S/C20H21N3O3S/c1-13-8-9-16(15-7-5-4-6-14(13)15)23-11-10-21-19(23)27-20(2,3)18(26)22-12-17(24)25/h4-11H,12H2,1-3H3,(H,22,26)(H,24,25). The number of nitrogens with zero attached hydrogens (tertiary/aromatic N) is 2. The Morgan fingerprint density at radius 2 is 1.89 bits per heavy atom. The SMILES string of the molecule is Cc1ccc(-n2ccnc2SC(C)(C)C(=O)NCC(=O)O)c2ccccc12. The highest BCUT2D eigenvalue weighted by Crippen LogP contribution is 2.34. The summed E-state index contributed by atoms with van der Waals surface area (Å²) in [5, 5.41) is 14.1. The average molecular weight is 383 g/mol. The summed E-state index contributed by atoms with van der Waals surface area (Å²) in [6.45, 7) is 5.17. The predicted molar refractivity (Wildman–Crippen MR) is 106 cm³/mol. The number of nitrogens with one attached hydrogen (secondary N) is 1. The first-order valence-electron chi connectivity index (χ1n) is 8.51. The second kappa shape index (κ2) is 7.44. The Bertz CT molecular complexity index is 1010. The summed E-state index contributed by atoms with van der Waals surface area (Å²) in [6.07, 6.45) is 3.56. The van der Waals surface area contributed by atoms with Crippen molar-refractivity contribution < 1.29 is 14.7 Å². The van der Waals surface area contributed by atoms with Crippen LogP contribution in [0.1, 0.15) is 19.4 Å². The molecule has 27 heavy (non-hydrogen) atoms. The van der Waals surface area contributed by atoms with Gasteiger partial charge in [-0.1, -0.05) is 42.1 Å². The van der Waals surface area contributed by atoms with Crippen LogP contribution in [-0.4, -0.2) is 37.8 Å². The Balaban J connectivity index is 1.95. The van der Waals surface area contributed by atoms with Crippen molar-refractivity contribution >= 4 is 34.4 Å². The number of carboxylic acid groups (broad SMARTS) is 1. The summed E-state index contributed by atoms with van der Waals surface area (Å²) >= 11 is 1.29. The summed E-state index contributed by atoms with van der Waals surface area (Å²) in [4.78, 5) is 27.5. The molecule has 0 fully saturated rings. The van der Waals surface area contributed by atoms with E-state index in [9.17, 15) is 9.59 Å². The second-order valence-corrected chi connectivity index (χ2v) is 8.31. The Morgan fingerprint density at radius 3 is 2.59 bits per heavy atom. The van der Waals surface area contributed by atoms with Crippen molar-refractivity contribution in [3.63, 3.8) is 0 Å². The normalized spacial score (nSPS) is 11.5. The van der Waals surface area contributed by atoms with E-state index in [2.05, 4.69) is 35.4 Å². The number of aromatic nitrogens is 2. The molecule has 0 aliphatic rings. The van der Waals surface area contributed by atoms with Gasteiger partial charge in [0.15, 0.2) is 5.16 Å². The molecule has 3 aromatic rings. The Hall–Kier alpha value is -2.80. The molecule has 3 rings (SSSR count). The van der Waals surface area contributed by atoms with Gasteiger partial charge < -0.3 is 10.4 Å². The van der Waals surface area contributed by atoms with E-state index in [1.54, 1.807) is 20.0 Å². The molecule has 0 spiro atoms. The van der Waals surface area contributed by atoms with Gasteiger partial charge in [-0.05, 0) is 37.8 Å². The number of hydrogen-bond donors (Lipinski definition) is 2. The molecule has 0 aliphatic carbocycles. The van der Waals surface area contributed by atoms with E-state index in [1.165, 1.54) is 17.3 Å². The van der Waals surface area contributed by atoms with Gasteiger partial charge in [-0.15, -0.1) is 0 Å². The van der Waals surface area contributed by atoms with E-state index in [-0.39, 0.29) is 5.91 Å². The fourth-order valence-corrected chi connectivity index (χ4v) is 3.83. The molecule has 7 heteroatoms. The molecule has 1 amide bonds. The summed E-state index contributed by atoms with van der Waals surface area (Å²) in [7, 11) is 0. The van der Waals surface area contributed by atoms with Crippen molar-refractivity contribution in [2.24, 2.45) is 0 Å². The van der Waals surface area contributed by atoms with Crippen molar-refractivity contribution in [3.05, 3.63) is 54.4 Å². The summed E-state index contributed by atoms with van der Waals surface area (Å²) in [6, 6.07) is 12.3. The topological polar surface area (TPSA) is 84.2 Å². The van der Waals surface area contributed by atoms with Gasteiger partial charge >= 0.3 is 5.97 Å². The summed E-state index contributed by atoms with van der Waals surface area (Å²) in [5.41, 5.74) is 2.18. The Kier molecular flexibility index (Phi) is 5.23. The number of carboxylic acids is 1. The van der Waals surface area contributed by atoms with Gasteiger partial charge in [0, 0.05) is 17.8 Å². The van der Waals surface area contributed by atoms with Crippen LogP contribution in [-0.2, 0) is 9.59 Å². The highest BCUT2D eigenvalue weighted by molar-refractivity contribution is 8.01. The highest BCUT2D eigenvalue weighted by Gasteiger charge is 2.31. The molecule has 0 atom stereocenters. The molecule has 0 saturated heterocycles. The lowest BCUT2D eigenvalue weighted by molar-refractivity contribution is -0.138. The third kappa shape index (κ3) is 3.98. The lowest BCUT2D eigenvalue weighted by atomic mass is 10.0. The van der Waals surface area contributed by atoms with Crippen LogP contribution in [0, 0.1) is 6.92 Å². The first-order valence-corrected chi connectivity index (χ1v) is 9.32. The second-order valence-electron chi connectivity index (χ2n) is 6.72. The maximum Gasteiger partial charge on any atom is 0.322 e. The smallest absolute Gasteiger partial charge is 0.322 e. The molecule has 0 radical (unpaired) electrons. The third-order valence-corrected chi connectivity index (χ3v) is 5.46. The van der Waals surface area contributed by atoms with E-state index in [0.29, 0.717) is 5.16 Å². The van der Waals surface area contributed by atoms with Gasteiger partial charge in [-0.2, -0.15) is 0 Å². The van der Waals surface area contributed by atoms with E-state index in [1.807, 2.05) is 29.0 Å². The first-order chi connectivity index (χ1) is 12.8. The molecule has 2 N–H and O–H groups in total. The van der Waals surface area contributed by atoms with Crippen LogP contribution in [0.15, 0.2) is 53.9 Å². The van der Waals surface area contributed by atoms with Crippen LogP contribution in [0.25, 0.3) is 16.5 Å². The molecule has 1 aromatic heterocycles. The van der Waals surface area contributed by atoms with Gasteiger partial charge in [0.2, 0.25) is 5.91 Å². The lowest BCUT2D eigenvalue weighted by Gasteiger charge is -2.22. The van der Waals surface area contributed by atoms with E-state index < -0.39 is 17.3 Å². The minimum absolute atomic E-state index is 0.349. The zero-order valence-corrected chi connectivity index (χ0v) is 16.2. The van der Waals surface area contributed by atoms with Crippen LogP contribution in [0.5, 0.6) is 0 Å². The molecule has 0 bridgehead atoms. The first kappa shape index (κ1) is 19.0. The van der Waals surface area contributed by atoms with Gasteiger partial charge in [0.05, 0.1) is 10.4 Å². The number of amides is 1. The van der Waals surface area contributed by atoms with Crippen LogP contribution in [0.3, 0.4) is 0 Å². The molecule has 1 heterocycles. The minimum Gasteiger partial charge on any atom is -0.480 e. The maximum absolute atomic E-state index is 12.4. The predicted octanol–water partition coefficient (Wildman–Crippen LogP) is 3.41. The van der Waals surface area contributed by atoms with Gasteiger partial charge in [0.25, 0.3) is 0 Å². The van der Waals surface area contributed by atoms with Crippen LogP contribution in [0.2, 0.25) is 0 Å². The van der Waals surface area contributed by atoms with Crippen molar-refractivity contribution in [3.8, 4) is 5.69 Å². The highest BCUT2D eigenvalue weighted by atomic mass is 32.2. The molecule has 0 unspecified atom stereocenters. The molecule has 6 nitrogen and oxygen atoms in total. The fraction of sp³-hybridized carbons (Fsp3) is 0.250. The molecule has 0 saturated carbocycles. The van der Waals surface area contributed by atoms with Crippen LogP contribution >= 0.6 is 11.8 Å². The Labute approximate surface area is 161 Å². The number of carbonyl (C=O) groups excluding carboxylic acids is 1. The average Bonchev–Trinajstić information content (AvgIpc) is 3.07. The van der Waals surface area contributed by atoms with Crippen molar-refractivity contribution in [2.45, 2.75) is 30.7 Å². The molecular formula is C20H21N3O3S. The maximum atomic E-state index is 12.4. The number of rotatable bonds is 6. The lowest BCUT2D eigenvalue weighted by Crippen LogP contribution is -2.42. The zero-order chi connectivity index (χ0) is 19.6. The fourth-order valence-electron chi connectivity index (χ4n) is 2.84. The van der Waals surface area contributed by atoms with Crippen molar-refractivity contribution in [1.29, 1.82) is 0 Å². The number of hydrogen-bond acceptors (Lipinski definition) is 4. The number of benzene rings is 2. The third-order valence-electron chi connectivity index (χ3n) is 4.28. The molecule has 0 aliphatic heterocycles. The quantitative estimate of drug-likeness (QED) is 0.637. The van der Waals surface area contributed by atoms with E-state index in [4.69, 9.17) is 5.11 Å². The number of fused-ring (bicyclic) bond motifs is 1. The summed E-state index contributed by atoms with van der Waals surface area (Å²) < 4.78 is 1.08. The van der Waals surface area contributed by atoms with Crippen LogP contribution < -0.4 is 5.32 Å². The monoisotopic (exact) mass is 383 g/mol. The summed E-state index contributed by atoms with van der Waals surface area (Å²) in [5.74, 6) is -1.42. The largest absolute Gasteiger partial charge is 0.480 e. The van der Waals surface area contributed by atoms with Gasteiger partial charge in [-0.3, -0.25) is 14.2 Å². The molecule has 2 aromatic carbocycles. The zero-order valence-electron chi connectivity index (χ0n) is 15.4. The number of imidazole rings is 1. The number of aryl methyl sites for hydroxylation is 1. The Morgan fingerprint density at radius 1 is 1.19 bits per heavy atom. The van der Waals surface area contributed by atoms with E-state index in [0.717, 1.165) is 16.5 Å². The van der Waals surface area contributed by atoms with E-state index >= 15 is 0 Å². The number of carbonyl (C=O) groups is 2. The molecule has 140 valence electrons.